The SMILES string of the molecule is NCCC(O)c1ccccc1.O=C(O)C(O)C(O)C(=O)O. The van der Waals surface area contributed by atoms with Gasteiger partial charge in [-0.05, 0) is 18.5 Å². The Morgan fingerprint density at radius 3 is 1.71 bits per heavy atom. The molecule has 3 unspecified atom stereocenters. The molecule has 118 valence electrons. The average Bonchev–Trinajstić information content (AvgIpc) is 2.47. The summed E-state index contributed by atoms with van der Waals surface area (Å²) in [6.45, 7) is 0.524. The lowest BCUT2D eigenvalue weighted by atomic mass is 10.1. The molecular formula is C13H19NO7. The van der Waals surface area contributed by atoms with Crippen molar-refractivity contribution in [3.05, 3.63) is 35.9 Å². The van der Waals surface area contributed by atoms with E-state index < -0.39 is 30.3 Å². The van der Waals surface area contributed by atoms with Gasteiger partial charge in [-0.15, -0.1) is 0 Å². The van der Waals surface area contributed by atoms with Gasteiger partial charge in [-0.1, -0.05) is 30.3 Å². The first-order valence-corrected chi connectivity index (χ1v) is 6.06. The first kappa shape index (κ1) is 19.0. The third kappa shape index (κ3) is 7.37. The van der Waals surface area contributed by atoms with E-state index in [-0.39, 0.29) is 0 Å². The number of benzene rings is 1. The highest BCUT2D eigenvalue weighted by atomic mass is 16.4. The second-order valence-electron chi connectivity index (χ2n) is 4.07. The van der Waals surface area contributed by atoms with Gasteiger partial charge in [0, 0.05) is 0 Å². The van der Waals surface area contributed by atoms with E-state index in [4.69, 9.17) is 26.2 Å². The van der Waals surface area contributed by atoms with Crippen LogP contribution in [0.15, 0.2) is 30.3 Å². The summed E-state index contributed by atoms with van der Waals surface area (Å²) in [5.41, 5.74) is 6.25. The minimum atomic E-state index is -2.27. The molecule has 0 radical (unpaired) electrons. The summed E-state index contributed by atoms with van der Waals surface area (Å²) in [6, 6.07) is 9.56. The first-order chi connectivity index (χ1) is 9.81. The number of nitrogens with two attached hydrogens (primary N) is 1. The zero-order valence-corrected chi connectivity index (χ0v) is 11.2. The van der Waals surface area contributed by atoms with Crippen LogP contribution >= 0.6 is 0 Å². The molecule has 7 N–H and O–H groups in total. The normalized spacial score (nSPS) is 14.3. The Morgan fingerprint density at radius 1 is 0.952 bits per heavy atom. The fourth-order valence-electron chi connectivity index (χ4n) is 1.27. The standard InChI is InChI=1S/C9H13NO.C4H6O6/c10-7-6-9(11)8-4-2-1-3-5-8;5-1(3(7)8)2(6)4(9)10/h1-5,9,11H,6-7,10H2;1-2,5-6H,(H,7,8)(H,9,10). The molecule has 1 aromatic rings. The van der Waals surface area contributed by atoms with Crippen molar-refractivity contribution in [2.24, 2.45) is 5.73 Å². The molecule has 0 spiro atoms. The number of carboxylic acids is 2. The predicted octanol–water partition coefficient (Wildman–Crippen LogP) is -1.05. The van der Waals surface area contributed by atoms with Crippen molar-refractivity contribution in [1.82, 2.24) is 0 Å². The summed E-state index contributed by atoms with van der Waals surface area (Å²) >= 11 is 0. The number of carbonyl (C=O) groups is 2. The van der Waals surface area contributed by atoms with E-state index in [0.29, 0.717) is 13.0 Å². The highest BCUT2D eigenvalue weighted by molar-refractivity contribution is 5.83. The lowest BCUT2D eigenvalue weighted by Crippen LogP contribution is -2.39. The van der Waals surface area contributed by atoms with E-state index >= 15 is 0 Å². The van der Waals surface area contributed by atoms with Gasteiger partial charge in [0.1, 0.15) is 0 Å². The number of rotatable bonds is 6. The van der Waals surface area contributed by atoms with Crippen LogP contribution < -0.4 is 5.73 Å². The lowest BCUT2D eigenvalue weighted by Gasteiger charge is -2.07. The van der Waals surface area contributed by atoms with Crippen LogP contribution in [0.5, 0.6) is 0 Å². The van der Waals surface area contributed by atoms with E-state index in [1.54, 1.807) is 0 Å². The molecular weight excluding hydrogens is 282 g/mol. The van der Waals surface area contributed by atoms with Crippen molar-refractivity contribution >= 4 is 11.9 Å². The fourth-order valence-corrected chi connectivity index (χ4v) is 1.27. The van der Waals surface area contributed by atoms with E-state index in [1.807, 2.05) is 30.3 Å². The summed E-state index contributed by atoms with van der Waals surface area (Å²) in [6.07, 6.45) is -4.31. The summed E-state index contributed by atoms with van der Waals surface area (Å²) in [5, 5.41) is 42.0. The number of hydrogen-bond donors (Lipinski definition) is 6. The topological polar surface area (TPSA) is 161 Å². The molecule has 8 nitrogen and oxygen atoms in total. The van der Waals surface area contributed by atoms with Gasteiger partial charge in [-0.2, -0.15) is 0 Å². The van der Waals surface area contributed by atoms with Gasteiger partial charge in [0.2, 0.25) is 0 Å². The molecule has 0 aliphatic heterocycles. The predicted molar refractivity (Wildman–Crippen MR) is 72.4 cm³/mol. The van der Waals surface area contributed by atoms with Crippen molar-refractivity contribution in [3.63, 3.8) is 0 Å². The maximum Gasteiger partial charge on any atom is 0.335 e. The Labute approximate surface area is 121 Å². The zero-order chi connectivity index (χ0) is 16.4. The Kier molecular flexibility index (Phi) is 8.90. The minimum Gasteiger partial charge on any atom is -0.479 e. The highest BCUT2D eigenvalue weighted by Gasteiger charge is 2.29. The van der Waals surface area contributed by atoms with Crippen molar-refractivity contribution in [2.75, 3.05) is 6.54 Å². The summed E-state index contributed by atoms with van der Waals surface area (Å²) < 4.78 is 0. The number of aliphatic hydroxyl groups excluding tert-OH is 3. The quantitative estimate of drug-likeness (QED) is 0.387. The molecule has 0 aliphatic rings. The molecule has 0 saturated carbocycles. The van der Waals surface area contributed by atoms with Gasteiger partial charge in [0.15, 0.2) is 12.2 Å². The number of carboxylic acid groups (broad SMARTS) is 2. The van der Waals surface area contributed by atoms with Crippen LogP contribution in [-0.2, 0) is 9.59 Å². The minimum absolute atomic E-state index is 0.402. The number of hydrogen-bond acceptors (Lipinski definition) is 6. The molecule has 3 atom stereocenters. The molecule has 1 rings (SSSR count). The molecule has 21 heavy (non-hydrogen) atoms. The third-order valence-corrected chi connectivity index (χ3v) is 2.43. The fraction of sp³-hybridized carbons (Fsp3) is 0.385. The van der Waals surface area contributed by atoms with E-state index in [0.717, 1.165) is 5.56 Å². The Morgan fingerprint density at radius 2 is 1.38 bits per heavy atom. The molecule has 0 fully saturated rings. The molecule has 0 amide bonds. The average molecular weight is 301 g/mol. The second kappa shape index (κ2) is 9.83. The van der Waals surface area contributed by atoms with Gasteiger partial charge in [-0.25, -0.2) is 9.59 Å². The van der Waals surface area contributed by atoms with Crippen LogP contribution in [0.4, 0.5) is 0 Å². The van der Waals surface area contributed by atoms with E-state index in [1.165, 1.54) is 0 Å². The van der Waals surface area contributed by atoms with E-state index in [9.17, 15) is 14.7 Å². The summed E-state index contributed by atoms with van der Waals surface area (Å²) in [5.74, 6) is -3.54. The second-order valence-corrected chi connectivity index (χ2v) is 4.07. The molecule has 0 heterocycles. The molecule has 0 saturated heterocycles. The Bertz CT molecular complexity index is 419. The maximum absolute atomic E-state index is 9.77. The monoisotopic (exact) mass is 301 g/mol. The van der Waals surface area contributed by atoms with Gasteiger partial charge < -0.3 is 31.3 Å². The van der Waals surface area contributed by atoms with Crippen LogP contribution in [0.2, 0.25) is 0 Å². The molecule has 0 bridgehead atoms. The van der Waals surface area contributed by atoms with Gasteiger partial charge in [0.05, 0.1) is 6.10 Å². The smallest absolute Gasteiger partial charge is 0.335 e. The van der Waals surface area contributed by atoms with Crippen LogP contribution in [0, 0.1) is 0 Å². The Hall–Kier alpha value is -2.00. The molecule has 8 heteroatoms. The molecule has 1 aromatic carbocycles. The third-order valence-electron chi connectivity index (χ3n) is 2.43. The summed E-state index contributed by atoms with van der Waals surface area (Å²) in [7, 11) is 0. The van der Waals surface area contributed by atoms with Gasteiger partial charge >= 0.3 is 11.9 Å². The number of aliphatic hydroxyl groups is 3. The van der Waals surface area contributed by atoms with Crippen molar-refractivity contribution in [1.29, 1.82) is 0 Å². The molecule has 0 aromatic heterocycles. The molecule has 0 aliphatic carbocycles. The lowest BCUT2D eigenvalue weighted by molar-refractivity contribution is -0.165. The van der Waals surface area contributed by atoms with Crippen LogP contribution in [0.3, 0.4) is 0 Å². The van der Waals surface area contributed by atoms with E-state index in [2.05, 4.69) is 0 Å². The van der Waals surface area contributed by atoms with Crippen LogP contribution in [-0.4, -0.2) is 56.2 Å². The largest absolute Gasteiger partial charge is 0.479 e. The highest BCUT2D eigenvalue weighted by Crippen LogP contribution is 2.14. The van der Waals surface area contributed by atoms with Crippen molar-refractivity contribution < 1.29 is 35.1 Å². The first-order valence-electron chi connectivity index (χ1n) is 6.06. The Balaban J connectivity index is 0.000000384. The maximum atomic E-state index is 9.77. The van der Waals surface area contributed by atoms with Crippen molar-refractivity contribution in [2.45, 2.75) is 24.7 Å². The van der Waals surface area contributed by atoms with Gasteiger partial charge in [0.25, 0.3) is 0 Å². The zero-order valence-electron chi connectivity index (χ0n) is 11.2. The summed E-state index contributed by atoms with van der Waals surface area (Å²) in [4.78, 5) is 19.5. The number of aliphatic carboxylic acids is 2. The van der Waals surface area contributed by atoms with Crippen molar-refractivity contribution in [3.8, 4) is 0 Å². The van der Waals surface area contributed by atoms with Gasteiger partial charge in [-0.3, -0.25) is 0 Å². The van der Waals surface area contributed by atoms with Crippen LogP contribution in [0.25, 0.3) is 0 Å². The van der Waals surface area contributed by atoms with Crippen LogP contribution in [0.1, 0.15) is 18.1 Å².